The van der Waals surface area contributed by atoms with Crippen molar-refractivity contribution in [3.8, 4) is 0 Å². The molecule has 7 heteroatoms. The topological polar surface area (TPSA) is 82.5 Å². The van der Waals surface area contributed by atoms with Crippen molar-refractivity contribution in [3.63, 3.8) is 0 Å². The molecule has 1 saturated heterocycles. The molecular formula is C13H19N3O3S. The first kappa shape index (κ1) is 14.8. The lowest BCUT2D eigenvalue weighted by molar-refractivity contribution is -0.145. The van der Waals surface area contributed by atoms with Crippen LogP contribution in [0.2, 0.25) is 0 Å². The highest BCUT2D eigenvalue weighted by molar-refractivity contribution is 7.11. The minimum Gasteiger partial charge on any atom is -0.480 e. The van der Waals surface area contributed by atoms with Crippen LogP contribution in [-0.2, 0) is 11.3 Å². The lowest BCUT2D eigenvalue weighted by Crippen LogP contribution is -2.54. The standard InChI is InChI=1S/C13H19N3O3S/c1-8-4-3-5-16(11(8)12(17)18)13(19)15-7-10-14-6-9(2)20-10/h6,8,11H,3-5,7H2,1-2H3,(H,15,19)(H,17,18). The highest BCUT2D eigenvalue weighted by atomic mass is 32.1. The van der Waals surface area contributed by atoms with Crippen LogP contribution in [-0.4, -0.2) is 39.6 Å². The van der Waals surface area contributed by atoms with Crippen molar-refractivity contribution in [1.82, 2.24) is 15.2 Å². The molecule has 0 radical (unpaired) electrons. The van der Waals surface area contributed by atoms with E-state index in [9.17, 15) is 14.7 Å². The highest BCUT2D eigenvalue weighted by Gasteiger charge is 2.36. The second-order valence-corrected chi connectivity index (χ2v) is 6.44. The van der Waals surface area contributed by atoms with Crippen molar-refractivity contribution in [1.29, 1.82) is 0 Å². The van der Waals surface area contributed by atoms with E-state index in [1.807, 2.05) is 13.8 Å². The molecule has 0 aliphatic carbocycles. The molecular weight excluding hydrogens is 278 g/mol. The molecule has 2 atom stereocenters. The normalized spacial score (nSPS) is 22.6. The highest BCUT2D eigenvalue weighted by Crippen LogP contribution is 2.23. The Hall–Kier alpha value is -1.63. The van der Waals surface area contributed by atoms with Gasteiger partial charge in [-0.1, -0.05) is 6.92 Å². The zero-order valence-corrected chi connectivity index (χ0v) is 12.4. The Morgan fingerprint density at radius 3 is 2.95 bits per heavy atom. The van der Waals surface area contributed by atoms with Crippen LogP contribution in [0.3, 0.4) is 0 Å². The average Bonchev–Trinajstić information content (AvgIpc) is 2.81. The first-order chi connectivity index (χ1) is 9.49. The van der Waals surface area contributed by atoms with E-state index >= 15 is 0 Å². The van der Waals surface area contributed by atoms with Gasteiger partial charge in [0.2, 0.25) is 0 Å². The molecule has 2 N–H and O–H groups in total. The molecule has 2 rings (SSSR count). The molecule has 0 saturated carbocycles. The van der Waals surface area contributed by atoms with Crippen LogP contribution < -0.4 is 5.32 Å². The van der Waals surface area contributed by atoms with Crippen molar-refractivity contribution in [2.24, 2.45) is 5.92 Å². The number of carboxylic acid groups (broad SMARTS) is 1. The molecule has 0 aromatic carbocycles. The first-order valence-electron chi connectivity index (χ1n) is 6.67. The van der Waals surface area contributed by atoms with E-state index in [1.54, 1.807) is 6.20 Å². The van der Waals surface area contributed by atoms with Crippen LogP contribution in [0.15, 0.2) is 6.20 Å². The number of aryl methyl sites for hydroxylation is 1. The van der Waals surface area contributed by atoms with Gasteiger partial charge in [-0.05, 0) is 25.7 Å². The Morgan fingerprint density at radius 1 is 1.60 bits per heavy atom. The number of nitrogens with zero attached hydrogens (tertiary/aromatic N) is 2. The molecule has 1 aromatic rings. The number of likely N-dealkylation sites (tertiary alicyclic amines) is 1. The second-order valence-electron chi connectivity index (χ2n) is 5.12. The van der Waals surface area contributed by atoms with Crippen LogP contribution in [0.4, 0.5) is 4.79 Å². The van der Waals surface area contributed by atoms with Gasteiger partial charge in [-0.25, -0.2) is 14.6 Å². The number of piperidine rings is 1. The van der Waals surface area contributed by atoms with E-state index in [2.05, 4.69) is 10.3 Å². The Morgan fingerprint density at radius 2 is 2.35 bits per heavy atom. The molecule has 2 amide bonds. The Labute approximate surface area is 121 Å². The van der Waals surface area contributed by atoms with Gasteiger partial charge >= 0.3 is 12.0 Å². The van der Waals surface area contributed by atoms with Crippen LogP contribution in [0, 0.1) is 12.8 Å². The second kappa shape index (κ2) is 6.21. The number of thiazole rings is 1. The number of carboxylic acids is 1. The molecule has 2 heterocycles. The summed E-state index contributed by atoms with van der Waals surface area (Å²) < 4.78 is 0. The van der Waals surface area contributed by atoms with Gasteiger partial charge in [0.05, 0.1) is 6.54 Å². The molecule has 1 aliphatic rings. The Balaban J connectivity index is 1.97. The molecule has 0 bridgehead atoms. The number of aromatic nitrogens is 1. The number of hydrogen-bond acceptors (Lipinski definition) is 4. The fraction of sp³-hybridized carbons (Fsp3) is 0.615. The predicted octanol–water partition coefficient (Wildman–Crippen LogP) is 1.85. The van der Waals surface area contributed by atoms with E-state index in [0.29, 0.717) is 13.1 Å². The molecule has 0 spiro atoms. The summed E-state index contributed by atoms with van der Waals surface area (Å²) >= 11 is 1.52. The van der Waals surface area contributed by atoms with Gasteiger partial charge in [0.15, 0.2) is 0 Å². The lowest BCUT2D eigenvalue weighted by Gasteiger charge is -2.37. The number of amides is 2. The SMILES string of the molecule is Cc1cnc(CNC(=O)N2CCCC(C)C2C(=O)O)s1. The summed E-state index contributed by atoms with van der Waals surface area (Å²) in [5.74, 6) is -0.952. The number of aliphatic carboxylic acids is 1. The fourth-order valence-electron chi connectivity index (χ4n) is 2.53. The Kier molecular flexibility index (Phi) is 4.59. The molecule has 1 aliphatic heterocycles. The van der Waals surface area contributed by atoms with Gasteiger partial charge in [-0.2, -0.15) is 0 Å². The molecule has 1 fully saturated rings. The predicted molar refractivity (Wildman–Crippen MR) is 75.6 cm³/mol. The smallest absolute Gasteiger partial charge is 0.326 e. The minimum absolute atomic E-state index is 0.0193. The monoisotopic (exact) mass is 297 g/mol. The van der Waals surface area contributed by atoms with Gasteiger partial charge in [0.1, 0.15) is 11.0 Å². The summed E-state index contributed by atoms with van der Waals surface area (Å²) in [7, 11) is 0. The Bertz CT molecular complexity index is 503. The third-order valence-corrected chi connectivity index (χ3v) is 4.42. The first-order valence-corrected chi connectivity index (χ1v) is 7.49. The average molecular weight is 297 g/mol. The van der Waals surface area contributed by atoms with Crippen LogP contribution >= 0.6 is 11.3 Å². The van der Waals surface area contributed by atoms with Crippen LogP contribution in [0.1, 0.15) is 29.7 Å². The number of carbonyl (C=O) groups is 2. The number of urea groups is 1. The largest absolute Gasteiger partial charge is 0.480 e. The molecule has 110 valence electrons. The zero-order valence-electron chi connectivity index (χ0n) is 11.6. The third kappa shape index (κ3) is 3.27. The van der Waals surface area contributed by atoms with E-state index in [1.165, 1.54) is 16.2 Å². The summed E-state index contributed by atoms with van der Waals surface area (Å²) in [6.07, 6.45) is 3.44. The minimum atomic E-state index is -0.933. The van der Waals surface area contributed by atoms with E-state index in [4.69, 9.17) is 0 Å². The zero-order chi connectivity index (χ0) is 14.7. The van der Waals surface area contributed by atoms with E-state index < -0.39 is 12.0 Å². The van der Waals surface area contributed by atoms with Gasteiger partial charge in [0.25, 0.3) is 0 Å². The quantitative estimate of drug-likeness (QED) is 0.892. The summed E-state index contributed by atoms with van der Waals surface area (Å²) in [5.41, 5.74) is 0. The molecule has 6 nitrogen and oxygen atoms in total. The molecule has 2 unspecified atom stereocenters. The third-order valence-electron chi connectivity index (χ3n) is 3.51. The van der Waals surface area contributed by atoms with E-state index in [-0.39, 0.29) is 11.9 Å². The van der Waals surface area contributed by atoms with Crippen molar-refractivity contribution in [2.45, 2.75) is 39.3 Å². The number of nitrogens with one attached hydrogen (secondary N) is 1. The van der Waals surface area contributed by atoms with Gasteiger partial charge in [-0.3, -0.25) is 0 Å². The maximum absolute atomic E-state index is 12.2. The van der Waals surface area contributed by atoms with Crippen molar-refractivity contribution < 1.29 is 14.7 Å². The number of carbonyl (C=O) groups excluding carboxylic acids is 1. The summed E-state index contributed by atoms with van der Waals surface area (Å²) in [6.45, 7) is 4.66. The van der Waals surface area contributed by atoms with Gasteiger partial charge in [0, 0.05) is 17.6 Å². The molecule has 20 heavy (non-hydrogen) atoms. The number of hydrogen-bond donors (Lipinski definition) is 2. The van der Waals surface area contributed by atoms with Crippen molar-refractivity contribution in [2.75, 3.05) is 6.54 Å². The number of rotatable bonds is 3. The maximum Gasteiger partial charge on any atom is 0.326 e. The summed E-state index contributed by atoms with van der Waals surface area (Å²) in [4.78, 5) is 30.2. The lowest BCUT2D eigenvalue weighted by atomic mass is 9.91. The van der Waals surface area contributed by atoms with E-state index in [0.717, 1.165) is 22.7 Å². The van der Waals surface area contributed by atoms with Crippen molar-refractivity contribution >= 4 is 23.3 Å². The van der Waals surface area contributed by atoms with Gasteiger partial charge in [-0.15, -0.1) is 11.3 Å². The molecule has 1 aromatic heterocycles. The van der Waals surface area contributed by atoms with Crippen LogP contribution in [0.5, 0.6) is 0 Å². The summed E-state index contributed by atoms with van der Waals surface area (Å²) in [5, 5.41) is 12.9. The summed E-state index contributed by atoms with van der Waals surface area (Å²) in [6, 6.07) is -1.06. The van der Waals surface area contributed by atoms with Crippen molar-refractivity contribution in [3.05, 3.63) is 16.1 Å². The fourth-order valence-corrected chi connectivity index (χ4v) is 3.26. The van der Waals surface area contributed by atoms with Crippen LogP contribution in [0.25, 0.3) is 0 Å². The van der Waals surface area contributed by atoms with Gasteiger partial charge < -0.3 is 15.3 Å². The maximum atomic E-state index is 12.2.